The molecule has 0 aliphatic carbocycles. The fraction of sp³-hybridized carbons (Fsp3) is 0.125. The number of nitrogens with zero attached hydrogens (tertiary/aromatic N) is 1. The smallest absolute Gasteiger partial charge is 0.383 e. The SMILES string of the molecule is NC(=NC(=O)c1cc(C(F)(F)F)cc(C(F)(F)F)c1)c1ccccc1. The maximum Gasteiger partial charge on any atom is 0.416 e. The molecule has 2 rings (SSSR count). The Bertz CT molecular complexity index is 777. The van der Waals surface area contributed by atoms with Crippen LogP contribution >= 0.6 is 0 Å². The second-order valence-corrected chi connectivity index (χ2v) is 4.96. The number of amidine groups is 1. The van der Waals surface area contributed by atoms with Gasteiger partial charge in [-0.25, -0.2) is 0 Å². The summed E-state index contributed by atoms with van der Waals surface area (Å²) in [6.45, 7) is 0. The third-order valence-electron chi connectivity index (χ3n) is 3.13. The molecule has 25 heavy (non-hydrogen) atoms. The highest BCUT2D eigenvalue weighted by Crippen LogP contribution is 2.36. The molecule has 0 radical (unpaired) electrons. The average Bonchev–Trinajstić information content (AvgIpc) is 2.53. The van der Waals surface area contributed by atoms with Gasteiger partial charge in [0.25, 0.3) is 5.91 Å². The summed E-state index contributed by atoms with van der Waals surface area (Å²) in [7, 11) is 0. The van der Waals surface area contributed by atoms with E-state index < -0.39 is 35.0 Å². The second-order valence-electron chi connectivity index (χ2n) is 4.96. The zero-order valence-corrected chi connectivity index (χ0v) is 12.3. The molecule has 0 aromatic heterocycles. The number of aliphatic imine (C=N–C) groups is 1. The van der Waals surface area contributed by atoms with Gasteiger partial charge >= 0.3 is 12.4 Å². The predicted molar refractivity (Wildman–Crippen MR) is 77.9 cm³/mol. The van der Waals surface area contributed by atoms with E-state index in [0.29, 0.717) is 17.7 Å². The lowest BCUT2D eigenvalue weighted by Gasteiger charge is -2.13. The van der Waals surface area contributed by atoms with Crippen molar-refractivity contribution in [3.63, 3.8) is 0 Å². The molecule has 0 saturated heterocycles. The first-order valence-electron chi connectivity index (χ1n) is 6.72. The second kappa shape index (κ2) is 6.58. The third kappa shape index (κ3) is 4.59. The minimum absolute atomic E-state index is 0.0684. The van der Waals surface area contributed by atoms with Crippen molar-refractivity contribution in [1.82, 2.24) is 0 Å². The minimum Gasteiger partial charge on any atom is -0.383 e. The summed E-state index contributed by atoms with van der Waals surface area (Å²) in [5.74, 6) is -1.63. The van der Waals surface area contributed by atoms with Crippen LogP contribution in [0, 0.1) is 0 Å². The number of hydrogen-bond acceptors (Lipinski definition) is 1. The lowest BCUT2D eigenvalue weighted by atomic mass is 10.0. The van der Waals surface area contributed by atoms with Crippen LogP contribution in [0.25, 0.3) is 0 Å². The van der Waals surface area contributed by atoms with Gasteiger partial charge in [-0.1, -0.05) is 30.3 Å². The van der Waals surface area contributed by atoms with Gasteiger partial charge in [0.15, 0.2) is 0 Å². The molecule has 0 heterocycles. The van der Waals surface area contributed by atoms with E-state index in [1.807, 2.05) is 0 Å². The molecule has 2 aromatic rings. The minimum atomic E-state index is -5.05. The van der Waals surface area contributed by atoms with E-state index in [-0.39, 0.29) is 11.9 Å². The highest BCUT2D eigenvalue weighted by molar-refractivity contribution is 6.08. The van der Waals surface area contributed by atoms with Crippen LogP contribution in [0.5, 0.6) is 0 Å². The quantitative estimate of drug-likeness (QED) is 0.494. The third-order valence-corrected chi connectivity index (χ3v) is 3.13. The molecule has 0 unspecified atom stereocenters. The van der Waals surface area contributed by atoms with Gasteiger partial charge in [0.2, 0.25) is 0 Å². The lowest BCUT2D eigenvalue weighted by Crippen LogP contribution is -2.17. The topological polar surface area (TPSA) is 55.4 Å². The maximum atomic E-state index is 12.8. The van der Waals surface area contributed by atoms with Crippen LogP contribution in [0.4, 0.5) is 26.3 Å². The summed E-state index contributed by atoms with van der Waals surface area (Å²) >= 11 is 0. The molecule has 132 valence electrons. The predicted octanol–water partition coefficient (Wildman–Crippen LogP) is 4.27. The number of carbonyl (C=O) groups is 1. The van der Waals surface area contributed by atoms with Crippen molar-refractivity contribution in [2.75, 3.05) is 0 Å². The number of halogens is 6. The Hall–Kier alpha value is -2.84. The van der Waals surface area contributed by atoms with Gasteiger partial charge in [-0.3, -0.25) is 4.79 Å². The molecule has 1 amide bonds. The summed E-state index contributed by atoms with van der Waals surface area (Å²) in [6, 6.07) is 8.32. The van der Waals surface area contributed by atoms with Crippen molar-refractivity contribution in [2.24, 2.45) is 10.7 Å². The van der Waals surface area contributed by atoms with Gasteiger partial charge in [-0.2, -0.15) is 31.3 Å². The lowest BCUT2D eigenvalue weighted by molar-refractivity contribution is -0.143. The summed E-state index contributed by atoms with van der Waals surface area (Å²) in [5.41, 5.74) is 1.81. The number of nitrogens with two attached hydrogens (primary N) is 1. The molecular formula is C16H10F6N2O. The summed E-state index contributed by atoms with van der Waals surface area (Å²) < 4.78 is 76.7. The summed E-state index contributed by atoms with van der Waals surface area (Å²) in [6.07, 6.45) is -10.1. The van der Waals surface area contributed by atoms with E-state index in [0.717, 1.165) is 0 Å². The fourth-order valence-corrected chi connectivity index (χ4v) is 1.93. The Morgan fingerprint density at radius 1 is 0.800 bits per heavy atom. The van der Waals surface area contributed by atoms with Crippen LogP contribution in [0.3, 0.4) is 0 Å². The van der Waals surface area contributed by atoms with Crippen molar-refractivity contribution in [3.05, 3.63) is 70.8 Å². The first-order valence-corrected chi connectivity index (χ1v) is 6.72. The maximum absolute atomic E-state index is 12.8. The number of benzene rings is 2. The molecule has 9 heteroatoms. The average molecular weight is 360 g/mol. The highest BCUT2D eigenvalue weighted by Gasteiger charge is 2.37. The molecule has 0 saturated carbocycles. The van der Waals surface area contributed by atoms with Crippen molar-refractivity contribution >= 4 is 11.7 Å². The van der Waals surface area contributed by atoms with Crippen molar-refractivity contribution < 1.29 is 31.1 Å². The van der Waals surface area contributed by atoms with E-state index in [2.05, 4.69) is 4.99 Å². The largest absolute Gasteiger partial charge is 0.416 e. The van der Waals surface area contributed by atoms with E-state index in [1.54, 1.807) is 18.2 Å². The fourth-order valence-electron chi connectivity index (χ4n) is 1.93. The summed E-state index contributed by atoms with van der Waals surface area (Å²) in [5, 5.41) is 0. The Labute approximate surface area is 137 Å². The zero-order valence-electron chi connectivity index (χ0n) is 12.3. The monoisotopic (exact) mass is 360 g/mol. The van der Waals surface area contributed by atoms with E-state index in [1.165, 1.54) is 12.1 Å². The Morgan fingerprint density at radius 3 is 1.72 bits per heavy atom. The first-order chi connectivity index (χ1) is 11.5. The van der Waals surface area contributed by atoms with Gasteiger partial charge in [0.1, 0.15) is 5.84 Å². The number of rotatable bonds is 2. The van der Waals surface area contributed by atoms with Crippen molar-refractivity contribution in [2.45, 2.75) is 12.4 Å². The number of alkyl halides is 6. The van der Waals surface area contributed by atoms with Crippen LogP contribution in [0.1, 0.15) is 27.0 Å². The van der Waals surface area contributed by atoms with Gasteiger partial charge in [-0.15, -0.1) is 0 Å². The highest BCUT2D eigenvalue weighted by atomic mass is 19.4. The standard InChI is InChI=1S/C16H10F6N2O/c17-15(18,19)11-6-10(7-12(8-11)16(20,21)22)14(25)24-13(23)9-4-2-1-3-5-9/h1-8H,(H2,23,24,25). The molecule has 0 aliphatic heterocycles. The first kappa shape index (κ1) is 18.5. The molecule has 0 aliphatic rings. The zero-order chi connectivity index (χ0) is 18.8. The van der Waals surface area contributed by atoms with E-state index in [9.17, 15) is 31.1 Å². The van der Waals surface area contributed by atoms with Crippen LogP contribution in [0.15, 0.2) is 53.5 Å². The molecule has 2 aromatic carbocycles. The van der Waals surface area contributed by atoms with Crippen LogP contribution in [-0.4, -0.2) is 11.7 Å². The van der Waals surface area contributed by atoms with E-state index in [4.69, 9.17) is 5.73 Å². The van der Waals surface area contributed by atoms with Crippen molar-refractivity contribution in [1.29, 1.82) is 0 Å². The van der Waals surface area contributed by atoms with Gasteiger partial charge in [-0.05, 0) is 18.2 Å². The normalized spacial score (nSPS) is 13.0. The van der Waals surface area contributed by atoms with Gasteiger partial charge in [0, 0.05) is 11.1 Å². The summed E-state index contributed by atoms with van der Waals surface area (Å²) in [4.78, 5) is 15.4. The Balaban J connectivity index is 2.49. The van der Waals surface area contributed by atoms with Crippen LogP contribution in [-0.2, 0) is 12.4 Å². The molecule has 0 spiro atoms. The molecular weight excluding hydrogens is 350 g/mol. The number of carbonyl (C=O) groups excluding carboxylic acids is 1. The molecule has 0 bridgehead atoms. The molecule has 2 N–H and O–H groups in total. The Kier molecular flexibility index (Phi) is 4.87. The van der Waals surface area contributed by atoms with E-state index >= 15 is 0 Å². The van der Waals surface area contributed by atoms with Crippen LogP contribution < -0.4 is 5.73 Å². The van der Waals surface area contributed by atoms with Crippen molar-refractivity contribution in [3.8, 4) is 0 Å². The molecule has 0 atom stereocenters. The Morgan fingerprint density at radius 2 is 1.28 bits per heavy atom. The molecule has 0 fully saturated rings. The van der Waals surface area contributed by atoms with Crippen LogP contribution in [0.2, 0.25) is 0 Å². The molecule has 3 nitrogen and oxygen atoms in total. The van der Waals surface area contributed by atoms with Gasteiger partial charge in [0.05, 0.1) is 11.1 Å². The number of amides is 1. The van der Waals surface area contributed by atoms with Gasteiger partial charge < -0.3 is 5.73 Å². The number of hydrogen-bond donors (Lipinski definition) is 1.